The van der Waals surface area contributed by atoms with Crippen LogP contribution in [0.3, 0.4) is 0 Å². The maximum Gasteiger partial charge on any atom is 0.272 e. The molecule has 0 N–H and O–H groups in total. The highest BCUT2D eigenvalue weighted by Crippen LogP contribution is 2.26. The predicted molar refractivity (Wildman–Crippen MR) is 97.5 cm³/mol. The van der Waals surface area contributed by atoms with Gasteiger partial charge in [-0.25, -0.2) is 4.98 Å². The van der Waals surface area contributed by atoms with E-state index in [0.29, 0.717) is 18.3 Å². The molecule has 126 valence electrons. The quantitative estimate of drug-likeness (QED) is 0.854. The van der Waals surface area contributed by atoms with Crippen molar-refractivity contribution in [3.63, 3.8) is 0 Å². The first-order valence-corrected chi connectivity index (χ1v) is 9.83. The standard InChI is InChI=1S/C19H22N2O2S/c22-19(18-8-7-14-4-1-2-6-17(14)20-18)21(15-9-11-24-13-15)12-16-5-3-10-23-16/h1-2,4,6-8,15-16H,3,5,9-13H2/t15-,16-/m1/s1. The zero-order valence-electron chi connectivity index (χ0n) is 13.7. The Balaban J connectivity index is 1.60. The molecule has 0 bridgehead atoms. The maximum atomic E-state index is 13.2. The SMILES string of the molecule is O=C(c1ccc2ccccc2n1)N(C[C@H]1CCCO1)[C@@H]1CCSC1. The summed E-state index contributed by atoms with van der Waals surface area (Å²) in [6.07, 6.45) is 3.39. The summed E-state index contributed by atoms with van der Waals surface area (Å²) in [4.78, 5) is 19.8. The van der Waals surface area contributed by atoms with E-state index >= 15 is 0 Å². The number of carbonyl (C=O) groups excluding carboxylic acids is 1. The van der Waals surface area contributed by atoms with Gasteiger partial charge in [0.25, 0.3) is 5.91 Å². The third-order valence-corrected chi connectivity index (χ3v) is 5.99. The minimum absolute atomic E-state index is 0.0451. The molecule has 0 spiro atoms. The van der Waals surface area contributed by atoms with Crippen LogP contribution in [0.15, 0.2) is 36.4 Å². The number of hydrogen-bond donors (Lipinski definition) is 0. The van der Waals surface area contributed by atoms with Crippen LogP contribution in [-0.4, -0.2) is 52.6 Å². The van der Waals surface area contributed by atoms with E-state index in [0.717, 1.165) is 48.3 Å². The van der Waals surface area contributed by atoms with Gasteiger partial charge in [0.2, 0.25) is 0 Å². The number of para-hydroxylation sites is 1. The topological polar surface area (TPSA) is 42.4 Å². The van der Waals surface area contributed by atoms with Gasteiger partial charge in [0, 0.05) is 30.3 Å². The zero-order valence-corrected chi connectivity index (χ0v) is 14.5. The van der Waals surface area contributed by atoms with Crippen LogP contribution < -0.4 is 0 Å². The largest absolute Gasteiger partial charge is 0.376 e. The van der Waals surface area contributed by atoms with Gasteiger partial charge < -0.3 is 9.64 Å². The molecule has 1 aromatic heterocycles. The second-order valence-corrected chi connectivity index (χ2v) is 7.65. The van der Waals surface area contributed by atoms with E-state index in [2.05, 4.69) is 4.98 Å². The monoisotopic (exact) mass is 342 g/mol. The molecule has 0 aliphatic carbocycles. The van der Waals surface area contributed by atoms with Gasteiger partial charge in [-0.05, 0) is 37.1 Å². The second kappa shape index (κ2) is 7.11. The first-order chi connectivity index (χ1) is 11.8. The number of benzene rings is 1. The normalized spacial score (nSPS) is 23.7. The van der Waals surface area contributed by atoms with E-state index in [-0.39, 0.29) is 12.0 Å². The molecule has 2 atom stereocenters. The fourth-order valence-corrected chi connectivity index (χ4v) is 4.73. The Hall–Kier alpha value is -1.59. The van der Waals surface area contributed by atoms with Gasteiger partial charge >= 0.3 is 0 Å². The van der Waals surface area contributed by atoms with Crippen molar-refractivity contribution in [1.29, 1.82) is 0 Å². The van der Waals surface area contributed by atoms with Crippen LogP contribution in [-0.2, 0) is 4.74 Å². The lowest BCUT2D eigenvalue weighted by molar-refractivity contribution is 0.0437. The summed E-state index contributed by atoms with van der Waals surface area (Å²) in [6.45, 7) is 1.51. The first-order valence-electron chi connectivity index (χ1n) is 8.67. The van der Waals surface area contributed by atoms with Gasteiger partial charge in [0.05, 0.1) is 11.6 Å². The molecule has 4 nitrogen and oxygen atoms in total. The van der Waals surface area contributed by atoms with Crippen LogP contribution >= 0.6 is 11.8 Å². The number of ether oxygens (including phenoxy) is 1. The molecule has 0 unspecified atom stereocenters. The first kappa shape index (κ1) is 15.9. The van der Waals surface area contributed by atoms with Crippen molar-refractivity contribution in [2.75, 3.05) is 24.7 Å². The Morgan fingerprint density at radius 3 is 2.96 bits per heavy atom. The lowest BCUT2D eigenvalue weighted by Crippen LogP contribution is -2.45. The molecule has 2 aliphatic heterocycles. The number of fused-ring (bicyclic) bond motifs is 1. The molecule has 24 heavy (non-hydrogen) atoms. The van der Waals surface area contributed by atoms with Crippen LogP contribution in [0.4, 0.5) is 0 Å². The van der Waals surface area contributed by atoms with Crippen molar-refractivity contribution in [2.45, 2.75) is 31.4 Å². The summed E-state index contributed by atoms with van der Waals surface area (Å²) in [5, 5.41) is 1.07. The van der Waals surface area contributed by atoms with E-state index in [1.165, 1.54) is 0 Å². The molecule has 1 aromatic carbocycles. The predicted octanol–water partition coefficient (Wildman–Crippen LogP) is 3.36. The van der Waals surface area contributed by atoms with E-state index in [1.54, 1.807) is 0 Å². The van der Waals surface area contributed by atoms with Crippen molar-refractivity contribution < 1.29 is 9.53 Å². The molecule has 1 amide bonds. The molecular weight excluding hydrogens is 320 g/mol. The van der Waals surface area contributed by atoms with Gasteiger partial charge in [-0.15, -0.1) is 0 Å². The lowest BCUT2D eigenvalue weighted by Gasteiger charge is -2.30. The van der Waals surface area contributed by atoms with E-state index in [4.69, 9.17) is 4.74 Å². The van der Waals surface area contributed by atoms with E-state index in [9.17, 15) is 4.79 Å². The number of thioether (sulfide) groups is 1. The van der Waals surface area contributed by atoms with Crippen LogP contribution in [0, 0.1) is 0 Å². The molecule has 5 heteroatoms. The van der Waals surface area contributed by atoms with Crippen molar-refractivity contribution in [3.05, 3.63) is 42.1 Å². The van der Waals surface area contributed by atoms with Gasteiger partial charge in [-0.2, -0.15) is 11.8 Å². The maximum absolute atomic E-state index is 13.2. The molecule has 2 saturated heterocycles. The minimum atomic E-state index is 0.0451. The van der Waals surface area contributed by atoms with Crippen LogP contribution in [0.1, 0.15) is 29.8 Å². The summed E-state index contributed by atoms with van der Waals surface area (Å²) >= 11 is 1.93. The highest BCUT2D eigenvalue weighted by molar-refractivity contribution is 7.99. The number of amides is 1. The number of nitrogens with zero attached hydrogens (tertiary/aromatic N) is 2. The number of hydrogen-bond acceptors (Lipinski definition) is 4. The number of rotatable bonds is 4. The van der Waals surface area contributed by atoms with E-state index in [1.807, 2.05) is 53.1 Å². The summed E-state index contributed by atoms with van der Waals surface area (Å²) < 4.78 is 5.78. The molecule has 2 aromatic rings. The van der Waals surface area contributed by atoms with Crippen molar-refractivity contribution in [3.8, 4) is 0 Å². The fraction of sp³-hybridized carbons (Fsp3) is 0.474. The molecule has 2 fully saturated rings. The smallest absolute Gasteiger partial charge is 0.272 e. The Morgan fingerprint density at radius 1 is 1.25 bits per heavy atom. The Kier molecular flexibility index (Phi) is 4.72. The summed E-state index contributed by atoms with van der Waals surface area (Å²) in [5.74, 6) is 2.20. The summed E-state index contributed by atoms with van der Waals surface area (Å²) in [6, 6.07) is 12.1. The number of carbonyl (C=O) groups is 1. The highest BCUT2D eigenvalue weighted by atomic mass is 32.2. The molecular formula is C19H22N2O2S. The zero-order chi connectivity index (χ0) is 16.4. The third kappa shape index (κ3) is 3.28. The van der Waals surface area contributed by atoms with E-state index < -0.39 is 0 Å². The minimum Gasteiger partial charge on any atom is -0.376 e. The Bertz CT molecular complexity index is 724. The highest BCUT2D eigenvalue weighted by Gasteiger charge is 2.31. The van der Waals surface area contributed by atoms with Gasteiger partial charge in [-0.1, -0.05) is 24.3 Å². The summed E-state index contributed by atoms with van der Waals surface area (Å²) in [5.41, 5.74) is 1.42. The summed E-state index contributed by atoms with van der Waals surface area (Å²) in [7, 11) is 0. The van der Waals surface area contributed by atoms with Crippen molar-refractivity contribution in [1.82, 2.24) is 9.88 Å². The second-order valence-electron chi connectivity index (χ2n) is 6.50. The lowest BCUT2D eigenvalue weighted by atomic mass is 10.1. The Labute approximate surface area is 146 Å². The van der Waals surface area contributed by atoms with Gasteiger partial charge in [-0.3, -0.25) is 4.79 Å². The average molecular weight is 342 g/mol. The number of aromatic nitrogens is 1. The van der Waals surface area contributed by atoms with Gasteiger partial charge in [0.15, 0.2) is 0 Å². The average Bonchev–Trinajstić information content (AvgIpc) is 3.32. The Morgan fingerprint density at radius 2 is 2.17 bits per heavy atom. The van der Waals surface area contributed by atoms with Crippen molar-refractivity contribution >= 4 is 28.6 Å². The third-order valence-electron chi connectivity index (χ3n) is 4.85. The molecule has 4 rings (SSSR count). The fourth-order valence-electron chi connectivity index (χ4n) is 3.51. The molecule has 0 radical (unpaired) electrons. The van der Waals surface area contributed by atoms with Gasteiger partial charge in [0.1, 0.15) is 5.69 Å². The number of pyridine rings is 1. The molecule has 2 aliphatic rings. The van der Waals surface area contributed by atoms with Crippen molar-refractivity contribution in [2.24, 2.45) is 0 Å². The molecule has 0 saturated carbocycles. The van der Waals surface area contributed by atoms with Crippen LogP contribution in [0.25, 0.3) is 10.9 Å². The van der Waals surface area contributed by atoms with Crippen LogP contribution in [0.5, 0.6) is 0 Å². The molecule has 3 heterocycles. The van der Waals surface area contributed by atoms with Crippen LogP contribution in [0.2, 0.25) is 0 Å².